The first-order valence-electron chi connectivity index (χ1n) is 9.18. The molecular formula is C19H23N7O. The maximum absolute atomic E-state index is 12.4. The topological polar surface area (TPSA) is 79.5 Å². The molecule has 0 aromatic carbocycles. The first kappa shape index (κ1) is 17.5. The van der Waals surface area contributed by atoms with Crippen LogP contribution >= 0.6 is 0 Å². The Morgan fingerprint density at radius 1 is 1.19 bits per heavy atom. The zero-order chi connectivity index (χ0) is 18.8. The van der Waals surface area contributed by atoms with Gasteiger partial charge in [0.25, 0.3) is 5.91 Å². The number of nitrogens with zero attached hydrogens (tertiary/aromatic N) is 7. The van der Waals surface area contributed by atoms with E-state index in [1.165, 1.54) is 0 Å². The normalized spacial score (nSPS) is 17.9. The molecule has 0 aliphatic carbocycles. The maximum Gasteiger partial charge on any atom is 0.258 e. The number of carbonyl (C=O) groups excluding carboxylic acids is 1. The lowest BCUT2D eigenvalue weighted by atomic mass is 9.98. The highest BCUT2D eigenvalue weighted by molar-refractivity contribution is 5.99. The van der Waals surface area contributed by atoms with Gasteiger partial charge in [0.2, 0.25) is 0 Å². The first-order valence-corrected chi connectivity index (χ1v) is 9.18. The number of fused-ring (bicyclic) bond motifs is 1. The fourth-order valence-corrected chi connectivity index (χ4v) is 3.69. The van der Waals surface area contributed by atoms with Crippen molar-refractivity contribution in [3.8, 4) is 0 Å². The van der Waals surface area contributed by atoms with Crippen LogP contribution in [0, 0.1) is 0 Å². The van der Waals surface area contributed by atoms with Crippen LogP contribution in [0.25, 0.3) is 5.65 Å². The Morgan fingerprint density at radius 2 is 2.07 bits per heavy atom. The molecule has 27 heavy (non-hydrogen) atoms. The van der Waals surface area contributed by atoms with Gasteiger partial charge in [-0.3, -0.25) is 19.7 Å². The second-order valence-corrected chi connectivity index (χ2v) is 7.04. The van der Waals surface area contributed by atoms with Crippen molar-refractivity contribution >= 4 is 11.6 Å². The van der Waals surface area contributed by atoms with E-state index >= 15 is 0 Å². The van der Waals surface area contributed by atoms with Crippen molar-refractivity contribution in [1.82, 2.24) is 34.4 Å². The molecule has 0 bridgehead atoms. The Balaban J connectivity index is 1.70. The fraction of sp³-hybridized carbons (Fsp3) is 0.421. The van der Waals surface area contributed by atoms with Crippen LogP contribution < -0.4 is 0 Å². The first-order chi connectivity index (χ1) is 13.1. The van der Waals surface area contributed by atoms with Crippen LogP contribution in [-0.4, -0.2) is 60.9 Å². The lowest BCUT2D eigenvalue weighted by Crippen LogP contribution is -2.34. The molecule has 1 fully saturated rings. The second kappa shape index (κ2) is 7.40. The number of hydrogen-bond donors (Lipinski definition) is 0. The van der Waals surface area contributed by atoms with Gasteiger partial charge in [0.1, 0.15) is 5.56 Å². The molecule has 8 nitrogen and oxygen atoms in total. The predicted octanol–water partition coefficient (Wildman–Crippen LogP) is 1.95. The van der Waals surface area contributed by atoms with E-state index in [1.54, 1.807) is 43.8 Å². The van der Waals surface area contributed by atoms with Gasteiger partial charge in [-0.25, -0.2) is 9.50 Å². The van der Waals surface area contributed by atoms with Gasteiger partial charge < -0.3 is 4.90 Å². The summed E-state index contributed by atoms with van der Waals surface area (Å²) >= 11 is 0. The van der Waals surface area contributed by atoms with Crippen molar-refractivity contribution in [1.29, 1.82) is 0 Å². The molecule has 1 atom stereocenters. The lowest BCUT2D eigenvalue weighted by molar-refractivity contribution is 0.0829. The molecule has 0 spiro atoms. The fourth-order valence-electron chi connectivity index (χ4n) is 3.69. The summed E-state index contributed by atoms with van der Waals surface area (Å²) in [4.78, 5) is 29.4. The third-order valence-electron chi connectivity index (χ3n) is 5.00. The van der Waals surface area contributed by atoms with E-state index in [9.17, 15) is 4.79 Å². The highest BCUT2D eigenvalue weighted by atomic mass is 16.2. The van der Waals surface area contributed by atoms with Crippen molar-refractivity contribution in [3.05, 3.63) is 54.0 Å². The summed E-state index contributed by atoms with van der Waals surface area (Å²) in [5.74, 6) is -0.0882. The van der Waals surface area contributed by atoms with Crippen LogP contribution in [0.4, 0.5) is 0 Å². The lowest BCUT2D eigenvalue weighted by Gasteiger charge is -2.35. The van der Waals surface area contributed by atoms with Crippen LogP contribution in [0.2, 0.25) is 0 Å². The second-order valence-electron chi connectivity index (χ2n) is 7.04. The van der Waals surface area contributed by atoms with E-state index in [1.807, 2.05) is 16.8 Å². The molecule has 1 aliphatic rings. The zero-order valence-corrected chi connectivity index (χ0v) is 15.6. The molecule has 3 aromatic heterocycles. The number of rotatable bonds is 4. The summed E-state index contributed by atoms with van der Waals surface area (Å²) < 4.78 is 1.82. The molecule has 0 saturated carbocycles. The van der Waals surface area contributed by atoms with Crippen LogP contribution in [-0.2, 0) is 6.54 Å². The number of hydrogen-bond acceptors (Lipinski definition) is 6. The summed E-state index contributed by atoms with van der Waals surface area (Å²) in [7, 11) is 3.47. The number of piperidine rings is 1. The van der Waals surface area contributed by atoms with E-state index in [-0.39, 0.29) is 11.9 Å². The third kappa shape index (κ3) is 3.40. The molecule has 0 unspecified atom stereocenters. The van der Waals surface area contributed by atoms with Crippen LogP contribution in [0.1, 0.15) is 47.1 Å². The van der Waals surface area contributed by atoms with E-state index < -0.39 is 0 Å². The van der Waals surface area contributed by atoms with Gasteiger partial charge in [0.15, 0.2) is 5.65 Å². The largest absolute Gasteiger partial charge is 0.345 e. The monoisotopic (exact) mass is 365 g/mol. The quantitative estimate of drug-likeness (QED) is 0.703. The summed E-state index contributed by atoms with van der Waals surface area (Å²) in [5.41, 5.74) is 3.15. The summed E-state index contributed by atoms with van der Waals surface area (Å²) in [6.07, 6.45) is 12.0. The summed E-state index contributed by atoms with van der Waals surface area (Å²) in [6, 6.07) is 2.21. The van der Waals surface area contributed by atoms with Crippen molar-refractivity contribution in [3.63, 3.8) is 0 Å². The molecule has 4 rings (SSSR count). The van der Waals surface area contributed by atoms with Gasteiger partial charge in [-0.15, -0.1) is 0 Å². The van der Waals surface area contributed by atoms with Crippen LogP contribution in [0.15, 0.2) is 37.1 Å². The number of aromatic nitrogens is 5. The Hall–Kier alpha value is -2.87. The van der Waals surface area contributed by atoms with E-state index in [4.69, 9.17) is 0 Å². The van der Waals surface area contributed by atoms with Gasteiger partial charge in [0, 0.05) is 45.4 Å². The minimum absolute atomic E-state index is 0.0882. The number of carbonyl (C=O) groups is 1. The summed E-state index contributed by atoms with van der Waals surface area (Å²) in [6.45, 7) is 1.74. The van der Waals surface area contributed by atoms with Crippen LogP contribution in [0.5, 0.6) is 0 Å². The van der Waals surface area contributed by atoms with Crippen molar-refractivity contribution in [2.75, 3.05) is 20.6 Å². The average Bonchev–Trinajstić information content (AvgIpc) is 3.13. The Bertz CT molecular complexity index is 938. The van der Waals surface area contributed by atoms with Crippen molar-refractivity contribution < 1.29 is 4.79 Å². The standard InChI is InChI=1S/C19H23N7O/c1-24(2)19(27)15-12-23-26-17(6-7-22-18(15)26)16-5-3-4-10-25(16)13-14-11-20-8-9-21-14/h6-9,11-12,16H,3-5,10,13H2,1-2H3/t16-/m1/s1. The molecule has 0 N–H and O–H groups in total. The maximum atomic E-state index is 12.4. The van der Waals surface area contributed by atoms with Gasteiger partial charge in [-0.05, 0) is 25.5 Å². The molecule has 1 saturated heterocycles. The number of amides is 1. The average molecular weight is 365 g/mol. The van der Waals surface area contributed by atoms with E-state index in [2.05, 4.69) is 25.0 Å². The minimum atomic E-state index is -0.0882. The Kier molecular flexibility index (Phi) is 4.81. The SMILES string of the molecule is CN(C)C(=O)c1cnn2c([C@H]3CCCCN3Cc3cnccn3)ccnc12. The Labute approximate surface area is 157 Å². The molecule has 0 radical (unpaired) electrons. The number of likely N-dealkylation sites (tertiary alicyclic amines) is 1. The molecular weight excluding hydrogens is 342 g/mol. The molecule has 8 heteroatoms. The van der Waals surface area contributed by atoms with Gasteiger partial charge in [0.05, 0.1) is 23.6 Å². The van der Waals surface area contributed by atoms with Gasteiger partial charge in [-0.1, -0.05) is 6.42 Å². The van der Waals surface area contributed by atoms with Crippen molar-refractivity contribution in [2.24, 2.45) is 0 Å². The third-order valence-corrected chi connectivity index (χ3v) is 5.00. The predicted molar refractivity (Wildman–Crippen MR) is 100 cm³/mol. The summed E-state index contributed by atoms with van der Waals surface area (Å²) in [5, 5.41) is 4.49. The van der Waals surface area contributed by atoms with E-state index in [0.717, 1.165) is 43.7 Å². The molecule has 1 aliphatic heterocycles. The van der Waals surface area contributed by atoms with Crippen LogP contribution in [0.3, 0.4) is 0 Å². The molecule has 3 aromatic rings. The van der Waals surface area contributed by atoms with Gasteiger partial charge >= 0.3 is 0 Å². The molecule has 4 heterocycles. The smallest absolute Gasteiger partial charge is 0.258 e. The highest BCUT2D eigenvalue weighted by Crippen LogP contribution is 2.32. The van der Waals surface area contributed by atoms with E-state index in [0.29, 0.717) is 11.2 Å². The highest BCUT2D eigenvalue weighted by Gasteiger charge is 2.28. The zero-order valence-electron chi connectivity index (χ0n) is 15.6. The van der Waals surface area contributed by atoms with Crippen molar-refractivity contribution in [2.45, 2.75) is 31.8 Å². The molecule has 1 amide bonds. The van der Waals surface area contributed by atoms with Gasteiger partial charge in [-0.2, -0.15) is 5.10 Å². The molecule has 140 valence electrons. The Morgan fingerprint density at radius 3 is 2.85 bits per heavy atom. The minimum Gasteiger partial charge on any atom is -0.345 e.